The van der Waals surface area contributed by atoms with Gasteiger partial charge in [0.05, 0.1) is 6.61 Å². The lowest BCUT2D eigenvalue weighted by atomic mass is 10.1. The van der Waals surface area contributed by atoms with E-state index < -0.39 is 0 Å². The average molecular weight is 235 g/mol. The Kier molecular flexibility index (Phi) is 6.06. The summed E-state index contributed by atoms with van der Waals surface area (Å²) in [6.45, 7) is 10.4. The monoisotopic (exact) mass is 235 g/mol. The summed E-state index contributed by atoms with van der Waals surface area (Å²) in [5, 5.41) is 3.42. The molecule has 1 aromatic carbocycles. The zero-order valence-electron chi connectivity index (χ0n) is 11.5. The van der Waals surface area contributed by atoms with E-state index in [9.17, 15) is 0 Å². The molecule has 0 heterocycles. The quantitative estimate of drug-likeness (QED) is 0.725. The highest BCUT2D eigenvalue weighted by Crippen LogP contribution is 2.22. The normalized spacial score (nSPS) is 12.5. The fourth-order valence-electron chi connectivity index (χ4n) is 1.85. The van der Waals surface area contributed by atoms with Crippen molar-refractivity contribution in [1.82, 2.24) is 5.32 Å². The Labute approximate surface area is 105 Å². The van der Waals surface area contributed by atoms with Gasteiger partial charge >= 0.3 is 0 Å². The number of nitrogens with one attached hydrogen (secondary N) is 1. The van der Waals surface area contributed by atoms with Crippen molar-refractivity contribution in [3.63, 3.8) is 0 Å². The molecule has 0 amide bonds. The van der Waals surface area contributed by atoms with E-state index in [0.717, 1.165) is 25.3 Å². The lowest BCUT2D eigenvalue weighted by Crippen LogP contribution is -2.17. The summed E-state index contributed by atoms with van der Waals surface area (Å²) in [4.78, 5) is 0. The zero-order valence-corrected chi connectivity index (χ0v) is 11.5. The van der Waals surface area contributed by atoms with Crippen molar-refractivity contribution < 1.29 is 4.74 Å². The largest absolute Gasteiger partial charge is 0.493 e. The third kappa shape index (κ3) is 4.39. The second kappa shape index (κ2) is 7.33. The molecule has 1 atom stereocenters. The molecule has 17 heavy (non-hydrogen) atoms. The van der Waals surface area contributed by atoms with Crippen molar-refractivity contribution in [2.45, 2.75) is 46.6 Å². The smallest absolute Gasteiger partial charge is 0.122 e. The van der Waals surface area contributed by atoms with E-state index in [1.54, 1.807) is 0 Å². The zero-order chi connectivity index (χ0) is 12.7. The summed E-state index contributed by atoms with van der Waals surface area (Å²) >= 11 is 0. The molecule has 0 saturated heterocycles. The molecule has 0 radical (unpaired) electrons. The maximum atomic E-state index is 5.75. The van der Waals surface area contributed by atoms with Crippen molar-refractivity contribution >= 4 is 0 Å². The number of ether oxygens (including phenoxy) is 1. The number of unbranched alkanes of at least 4 members (excludes halogenated alkanes) is 1. The van der Waals surface area contributed by atoms with Crippen molar-refractivity contribution in [2.75, 3.05) is 13.2 Å². The van der Waals surface area contributed by atoms with Crippen LogP contribution in [0, 0.1) is 6.92 Å². The van der Waals surface area contributed by atoms with Crippen LogP contribution < -0.4 is 10.1 Å². The molecule has 0 aromatic heterocycles. The molecular formula is C15H25NO. The predicted octanol–water partition coefficient (Wildman–Crippen LogP) is 3.84. The molecular weight excluding hydrogens is 210 g/mol. The SMILES string of the molecule is CCCCOc1ccc(C(C)NCC)cc1C. The first kappa shape index (κ1) is 14.0. The molecule has 0 bridgehead atoms. The Balaban J connectivity index is 2.65. The first-order chi connectivity index (χ1) is 8.19. The van der Waals surface area contributed by atoms with Crippen LogP contribution in [0.1, 0.15) is 50.8 Å². The number of aryl methyl sites for hydroxylation is 1. The molecule has 0 spiro atoms. The van der Waals surface area contributed by atoms with Crippen molar-refractivity contribution in [3.05, 3.63) is 29.3 Å². The average Bonchev–Trinajstić information content (AvgIpc) is 2.31. The minimum absolute atomic E-state index is 0.406. The molecule has 2 heteroatoms. The molecule has 96 valence electrons. The van der Waals surface area contributed by atoms with Gasteiger partial charge in [0.2, 0.25) is 0 Å². The standard InChI is InChI=1S/C15H25NO/c1-5-7-10-17-15-9-8-14(11-12(15)3)13(4)16-6-2/h8-9,11,13,16H,5-7,10H2,1-4H3. The summed E-state index contributed by atoms with van der Waals surface area (Å²) in [5.74, 6) is 1.02. The Morgan fingerprint density at radius 2 is 2.06 bits per heavy atom. The number of hydrogen-bond donors (Lipinski definition) is 1. The summed E-state index contributed by atoms with van der Waals surface area (Å²) < 4.78 is 5.75. The van der Waals surface area contributed by atoms with Crippen LogP contribution in [0.3, 0.4) is 0 Å². The van der Waals surface area contributed by atoms with Crippen LogP contribution in [0.15, 0.2) is 18.2 Å². The van der Waals surface area contributed by atoms with Crippen LogP contribution in [-0.2, 0) is 0 Å². The van der Waals surface area contributed by atoms with E-state index in [1.807, 2.05) is 0 Å². The van der Waals surface area contributed by atoms with Gasteiger partial charge in [0.25, 0.3) is 0 Å². The number of benzene rings is 1. The van der Waals surface area contributed by atoms with Crippen LogP contribution in [0.5, 0.6) is 5.75 Å². The van der Waals surface area contributed by atoms with Crippen molar-refractivity contribution in [2.24, 2.45) is 0 Å². The molecule has 0 aliphatic heterocycles. The van der Waals surface area contributed by atoms with E-state index in [-0.39, 0.29) is 0 Å². The highest BCUT2D eigenvalue weighted by Gasteiger charge is 2.06. The summed E-state index contributed by atoms with van der Waals surface area (Å²) in [6, 6.07) is 6.87. The molecule has 2 nitrogen and oxygen atoms in total. The predicted molar refractivity (Wildman–Crippen MR) is 73.7 cm³/mol. The van der Waals surface area contributed by atoms with E-state index in [1.165, 1.54) is 17.5 Å². The fourth-order valence-corrected chi connectivity index (χ4v) is 1.85. The third-order valence-corrected chi connectivity index (χ3v) is 2.96. The molecule has 0 saturated carbocycles. The van der Waals surface area contributed by atoms with Crippen LogP contribution in [0.4, 0.5) is 0 Å². The topological polar surface area (TPSA) is 21.3 Å². The van der Waals surface area contributed by atoms with E-state index in [4.69, 9.17) is 4.74 Å². The lowest BCUT2D eigenvalue weighted by Gasteiger charge is -2.15. The number of hydrogen-bond acceptors (Lipinski definition) is 2. The van der Waals surface area contributed by atoms with Gasteiger partial charge in [-0.3, -0.25) is 0 Å². The highest BCUT2D eigenvalue weighted by molar-refractivity contribution is 5.37. The van der Waals surface area contributed by atoms with Crippen LogP contribution in [0.25, 0.3) is 0 Å². The Morgan fingerprint density at radius 1 is 1.29 bits per heavy atom. The van der Waals surface area contributed by atoms with E-state index in [0.29, 0.717) is 6.04 Å². The minimum Gasteiger partial charge on any atom is -0.493 e. The van der Waals surface area contributed by atoms with Gasteiger partial charge in [-0.25, -0.2) is 0 Å². The Bertz CT molecular complexity index is 336. The fraction of sp³-hybridized carbons (Fsp3) is 0.600. The van der Waals surface area contributed by atoms with Gasteiger partial charge in [-0.2, -0.15) is 0 Å². The third-order valence-electron chi connectivity index (χ3n) is 2.96. The Morgan fingerprint density at radius 3 is 2.65 bits per heavy atom. The summed E-state index contributed by atoms with van der Waals surface area (Å²) in [5.41, 5.74) is 2.55. The van der Waals surface area contributed by atoms with Gasteiger partial charge in [-0.15, -0.1) is 0 Å². The van der Waals surface area contributed by atoms with E-state index in [2.05, 4.69) is 51.2 Å². The lowest BCUT2D eigenvalue weighted by molar-refractivity contribution is 0.307. The first-order valence-corrected chi connectivity index (χ1v) is 6.65. The van der Waals surface area contributed by atoms with E-state index >= 15 is 0 Å². The Hall–Kier alpha value is -1.02. The maximum Gasteiger partial charge on any atom is 0.122 e. The maximum absolute atomic E-state index is 5.75. The van der Waals surface area contributed by atoms with Gasteiger partial charge in [0.15, 0.2) is 0 Å². The second-order valence-electron chi connectivity index (χ2n) is 4.51. The molecule has 0 aliphatic rings. The second-order valence-corrected chi connectivity index (χ2v) is 4.51. The molecule has 1 rings (SSSR count). The van der Waals surface area contributed by atoms with Crippen molar-refractivity contribution in [3.8, 4) is 5.75 Å². The minimum atomic E-state index is 0.406. The molecule has 1 unspecified atom stereocenters. The van der Waals surface area contributed by atoms with Crippen LogP contribution >= 0.6 is 0 Å². The summed E-state index contributed by atoms with van der Waals surface area (Å²) in [6.07, 6.45) is 2.30. The molecule has 1 aromatic rings. The van der Waals surface area contributed by atoms with Crippen LogP contribution in [0.2, 0.25) is 0 Å². The molecule has 1 N–H and O–H groups in total. The van der Waals surface area contributed by atoms with Gasteiger partial charge in [0, 0.05) is 6.04 Å². The van der Waals surface area contributed by atoms with Gasteiger partial charge < -0.3 is 10.1 Å². The van der Waals surface area contributed by atoms with Crippen LogP contribution in [-0.4, -0.2) is 13.2 Å². The molecule has 0 fully saturated rings. The molecule has 0 aliphatic carbocycles. The van der Waals surface area contributed by atoms with Gasteiger partial charge in [-0.1, -0.05) is 32.4 Å². The van der Waals surface area contributed by atoms with Crippen molar-refractivity contribution in [1.29, 1.82) is 0 Å². The summed E-state index contributed by atoms with van der Waals surface area (Å²) in [7, 11) is 0. The van der Waals surface area contributed by atoms with Gasteiger partial charge in [0.1, 0.15) is 5.75 Å². The number of rotatable bonds is 7. The van der Waals surface area contributed by atoms with Gasteiger partial charge in [-0.05, 0) is 44.0 Å². The highest BCUT2D eigenvalue weighted by atomic mass is 16.5. The first-order valence-electron chi connectivity index (χ1n) is 6.65.